The van der Waals surface area contributed by atoms with E-state index in [9.17, 15) is 22.4 Å². The molecular formula is C15H12F4N2O2. The number of alkyl halides is 3. The first kappa shape index (κ1) is 16.9. The third-order valence-electron chi connectivity index (χ3n) is 2.96. The molecule has 1 atom stereocenters. The van der Waals surface area contributed by atoms with E-state index in [1.807, 2.05) is 0 Å². The van der Waals surface area contributed by atoms with E-state index < -0.39 is 17.9 Å². The van der Waals surface area contributed by atoms with Crippen molar-refractivity contribution >= 4 is 5.78 Å². The molecule has 1 heterocycles. The molecule has 2 N–H and O–H groups in total. The number of ketones is 1. The van der Waals surface area contributed by atoms with Crippen LogP contribution in [-0.4, -0.2) is 17.1 Å². The van der Waals surface area contributed by atoms with E-state index in [1.54, 1.807) is 18.3 Å². The Kier molecular flexibility index (Phi) is 4.95. The molecule has 1 aliphatic rings. The smallest absolute Gasteiger partial charge is 0.403 e. The molecule has 1 aromatic carbocycles. The highest BCUT2D eigenvalue weighted by Gasteiger charge is 2.32. The Hall–Kier alpha value is -2.48. The number of ether oxygens (including phenoxy) is 1. The van der Waals surface area contributed by atoms with Gasteiger partial charge in [0.2, 0.25) is 0 Å². The average Bonchev–Trinajstić information content (AvgIpc) is 2.77. The number of nitrogens with zero attached hydrogens (tertiary/aromatic N) is 1. The van der Waals surface area contributed by atoms with Gasteiger partial charge in [-0.15, -0.1) is 13.2 Å². The first-order valence-electron chi connectivity index (χ1n) is 6.52. The normalized spacial score (nSPS) is 16.4. The highest BCUT2D eigenvalue weighted by molar-refractivity contribution is 6.00. The maximum absolute atomic E-state index is 12.5. The van der Waals surface area contributed by atoms with Gasteiger partial charge in [-0.25, -0.2) is 4.39 Å². The number of hydrogen-bond donors (Lipinski definition) is 1. The van der Waals surface area contributed by atoms with Gasteiger partial charge in [-0.3, -0.25) is 9.78 Å². The van der Waals surface area contributed by atoms with Crippen molar-refractivity contribution in [3.8, 4) is 5.75 Å². The third kappa shape index (κ3) is 4.49. The summed E-state index contributed by atoms with van der Waals surface area (Å²) in [4.78, 5) is 15.2. The zero-order chi connectivity index (χ0) is 17.0. The van der Waals surface area contributed by atoms with Crippen LogP contribution in [-0.2, 0) is 0 Å². The minimum Gasteiger partial charge on any atom is -0.403 e. The van der Waals surface area contributed by atoms with Crippen molar-refractivity contribution < 1.29 is 27.1 Å². The van der Waals surface area contributed by atoms with E-state index in [0.29, 0.717) is 12.0 Å². The summed E-state index contributed by atoms with van der Waals surface area (Å²) in [6.45, 7) is 0. The molecule has 1 unspecified atom stereocenters. The van der Waals surface area contributed by atoms with Crippen molar-refractivity contribution in [2.45, 2.75) is 18.8 Å². The standard InChI is InChI=1S/C8H8N2O.C7H4F4O/c9-6-4-7(11)5-2-1-3-10-8(5)6;8-5-3-1-2-4-6(5)12-7(9,10)11/h1-3,6H,4,9H2;1-4H. The zero-order valence-electron chi connectivity index (χ0n) is 11.7. The van der Waals surface area contributed by atoms with Gasteiger partial charge in [0.1, 0.15) is 0 Å². The van der Waals surface area contributed by atoms with Crippen molar-refractivity contribution in [3.63, 3.8) is 0 Å². The Morgan fingerprint density at radius 1 is 1.17 bits per heavy atom. The lowest BCUT2D eigenvalue weighted by Crippen LogP contribution is -2.17. The quantitative estimate of drug-likeness (QED) is 0.815. The van der Waals surface area contributed by atoms with Crippen LogP contribution in [0.15, 0.2) is 42.6 Å². The van der Waals surface area contributed by atoms with Crippen LogP contribution in [0.3, 0.4) is 0 Å². The summed E-state index contributed by atoms with van der Waals surface area (Å²) in [6.07, 6.45) is -2.77. The predicted octanol–water partition coefficient (Wildman–Crippen LogP) is 3.39. The van der Waals surface area contributed by atoms with E-state index in [-0.39, 0.29) is 11.8 Å². The molecule has 0 aliphatic heterocycles. The summed E-state index contributed by atoms with van der Waals surface area (Å²) in [7, 11) is 0. The molecular weight excluding hydrogens is 316 g/mol. The molecule has 23 heavy (non-hydrogen) atoms. The van der Waals surface area contributed by atoms with Gasteiger partial charge < -0.3 is 10.5 Å². The van der Waals surface area contributed by atoms with E-state index in [2.05, 4.69) is 9.72 Å². The number of benzene rings is 1. The van der Waals surface area contributed by atoms with Crippen molar-refractivity contribution in [3.05, 3.63) is 59.7 Å². The lowest BCUT2D eigenvalue weighted by atomic mass is 10.2. The molecule has 2 aromatic rings. The van der Waals surface area contributed by atoms with Crippen molar-refractivity contribution in [2.75, 3.05) is 0 Å². The second kappa shape index (κ2) is 6.74. The van der Waals surface area contributed by atoms with Crippen molar-refractivity contribution in [1.29, 1.82) is 0 Å². The fraction of sp³-hybridized carbons (Fsp3) is 0.200. The number of carbonyl (C=O) groups excluding carboxylic acids is 1. The second-order valence-electron chi connectivity index (χ2n) is 4.65. The summed E-state index contributed by atoms with van der Waals surface area (Å²) in [5.74, 6) is -1.74. The van der Waals surface area contributed by atoms with E-state index in [4.69, 9.17) is 5.73 Å². The van der Waals surface area contributed by atoms with Crippen LogP contribution in [0.2, 0.25) is 0 Å². The summed E-state index contributed by atoms with van der Waals surface area (Å²) >= 11 is 0. The van der Waals surface area contributed by atoms with Crippen molar-refractivity contribution in [2.24, 2.45) is 5.73 Å². The summed E-state index contributed by atoms with van der Waals surface area (Å²) in [5.41, 5.74) is 7.10. The zero-order valence-corrected chi connectivity index (χ0v) is 11.7. The number of Topliss-reactive ketones (excluding diaryl/α,β-unsaturated/α-hetero) is 1. The molecule has 4 nitrogen and oxygen atoms in total. The fourth-order valence-corrected chi connectivity index (χ4v) is 2.01. The van der Waals surface area contributed by atoms with Crippen LogP contribution in [0.25, 0.3) is 0 Å². The molecule has 0 saturated carbocycles. The first-order chi connectivity index (χ1) is 10.8. The van der Waals surface area contributed by atoms with Crippen molar-refractivity contribution in [1.82, 2.24) is 4.98 Å². The van der Waals surface area contributed by atoms with Gasteiger partial charge in [0, 0.05) is 18.2 Å². The number of rotatable bonds is 1. The number of fused-ring (bicyclic) bond motifs is 1. The first-order valence-corrected chi connectivity index (χ1v) is 6.52. The van der Waals surface area contributed by atoms with Gasteiger partial charge in [0.25, 0.3) is 0 Å². The van der Waals surface area contributed by atoms with Crippen LogP contribution in [0, 0.1) is 5.82 Å². The van der Waals surface area contributed by atoms with Gasteiger partial charge >= 0.3 is 6.36 Å². The topological polar surface area (TPSA) is 65.2 Å². The third-order valence-corrected chi connectivity index (χ3v) is 2.96. The number of aromatic nitrogens is 1. The lowest BCUT2D eigenvalue weighted by Gasteiger charge is -2.08. The minimum atomic E-state index is -4.85. The van der Waals surface area contributed by atoms with Crippen LogP contribution >= 0.6 is 0 Å². The summed E-state index contributed by atoms with van der Waals surface area (Å²) in [5, 5.41) is 0. The van der Waals surface area contributed by atoms with Crippen LogP contribution in [0.5, 0.6) is 5.75 Å². The Labute approximate surface area is 128 Å². The number of pyridine rings is 1. The largest absolute Gasteiger partial charge is 0.573 e. The molecule has 0 bridgehead atoms. The molecule has 122 valence electrons. The molecule has 0 fully saturated rings. The van der Waals surface area contributed by atoms with Gasteiger partial charge in [0.15, 0.2) is 17.3 Å². The maximum atomic E-state index is 12.5. The number of halogens is 4. The van der Waals surface area contributed by atoms with Gasteiger partial charge in [0.05, 0.1) is 11.7 Å². The Morgan fingerprint density at radius 3 is 2.48 bits per heavy atom. The summed E-state index contributed by atoms with van der Waals surface area (Å²) in [6, 6.07) is 7.68. The monoisotopic (exact) mass is 328 g/mol. The molecule has 0 radical (unpaired) electrons. The highest BCUT2D eigenvalue weighted by atomic mass is 19.4. The minimum absolute atomic E-state index is 0.112. The molecule has 3 rings (SSSR count). The number of para-hydroxylation sites is 1. The van der Waals surface area contributed by atoms with Gasteiger partial charge in [-0.05, 0) is 24.3 Å². The molecule has 8 heteroatoms. The fourth-order valence-electron chi connectivity index (χ4n) is 2.01. The summed E-state index contributed by atoms with van der Waals surface area (Å²) < 4.78 is 50.4. The predicted molar refractivity (Wildman–Crippen MR) is 73.2 cm³/mol. The second-order valence-corrected chi connectivity index (χ2v) is 4.65. The number of hydrogen-bond acceptors (Lipinski definition) is 4. The van der Waals surface area contributed by atoms with E-state index >= 15 is 0 Å². The molecule has 1 aliphatic carbocycles. The van der Waals surface area contributed by atoms with Crippen LogP contribution < -0.4 is 10.5 Å². The van der Waals surface area contributed by atoms with Crippen LogP contribution in [0.4, 0.5) is 17.6 Å². The average molecular weight is 328 g/mol. The molecule has 0 amide bonds. The molecule has 1 aromatic heterocycles. The Balaban J connectivity index is 0.000000167. The maximum Gasteiger partial charge on any atom is 0.573 e. The SMILES string of the molecule is Fc1ccccc1OC(F)(F)F.NC1CC(=O)c2cccnc21. The number of carbonyl (C=O) groups is 1. The van der Waals surface area contributed by atoms with Crippen LogP contribution in [0.1, 0.15) is 28.5 Å². The lowest BCUT2D eigenvalue weighted by molar-refractivity contribution is -0.275. The molecule has 0 spiro atoms. The number of nitrogens with two attached hydrogens (primary N) is 1. The highest BCUT2D eigenvalue weighted by Crippen LogP contribution is 2.26. The van der Waals surface area contributed by atoms with Gasteiger partial charge in [-0.2, -0.15) is 0 Å². The molecule has 0 saturated heterocycles. The van der Waals surface area contributed by atoms with E-state index in [1.165, 1.54) is 12.1 Å². The Bertz CT molecular complexity index is 704. The van der Waals surface area contributed by atoms with Gasteiger partial charge in [-0.1, -0.05) is 12.1 Å². The van der Waals surface area contributed by atoms with E-state index in [0.717, 1.165) is 17.8 Å². The Morgan fingerprint density at radius 2 is 1.87 bits per heavy atom.